The zero-order valence-corrected chi connectivity index (χ0v) is 12.9. The molecule has 0 aliphatic carbocycles. The van der Waals surface area contributed by atoms with Crippen molar-refractivity contribution in [3.05, 3.63) is 52.5 Å². The van der Waals surface area contributed by atoms with Crippen LogP contribution in [-0.4, -0.2) is 16.9 Å². The van der Waals surface area contributed by atoms with Gasteiger partial charge in [0.2, 0.25) is 0 Å². The van der Waals surface area contributed by atoms with Gasteiger partial charge in [-0.25, -0.2) is 0 Å². The summed E-state index contributed by atoms with van der Waals surface area (Å²) >= 11 is 5.84. The lowest BCUT2D eigenvalue weighted by molar-refractivity contribution is -0.133. The summed E-state index contributed by atoms with van der Waals surface area (Å²) < 4.78 is 0. The lowest BCUT2D eigenvalue weighted by Gasteiger charge is -2.10. The summed E-state index contributed by atoms with van der Waals surface area (Å²) in [5.74, 6) is -1.47. The summed E-state index contributed by atoms with van der Waals surface area (Å²) in [4.78, 5) is 23.8. The lowest BCUT2D eigenvalue weighted by atomic mass is 10.2. The molecule has 2 amide bonds. The van der Waals surface area contributed by atoms with Gasteiger partial charge in [-0.2, -0.15) is 0 Å². The number of anilines is 2. The maximum Gasteiger partial charge on any atom is 0.314 e. The molecule has 0 unspecified atom stereocenters. The van der Waals surface area contributed by atoms with Gasteiger partial charge in [-0.1, -0.05) is 11.6 Å². The van der Waals surface area contributed by atoms with Crippen LogP contribution in [0.4, 0.5) is 11.4 Å². The Bertz CT molecular complexity index is 681. The molecule has 114 valence electrons. The highest BCUT2D eigenvalue weighted by molar-refractivity contribution is 6.43. The topological polar surface area (TPSA) is 78.4 Å². The second kappa shape index (κ2) is 6.49. The smallest absolute Gasteiger partial charge is 0.314 e. The Morgan fingerprint density at radius 1 is 0.909 bits per heavy atom. The van der Waals surface area contributed by atoms with Crippen molar-refractivity contribution in [3.63, 3.8) is 0 Å². The van der Waals surface area contributed by atoms with E-state index in [1.165, 1.54) is 18.2 Å². The third kappa shape index (κ3) is 3.77. The number of rotatable bonds is 2. The molecule has 0 heterocycles. The third-order valence-corrected chi connectivity index (χ3v) is 3.34. The summed E-state index contributed by atoms with van der Waals surface area (Å²) in [7, 11) is 0. The zero-order valence-electron chi connectivity index (χ0n) is 12.1. The van der Waals surface area contributed by atoms with Gasteiger partial charge in [0.05, 0.1) is 0 Å². The number of hydrogen-bond donors (Lipinski definition) is 3. The number of carbonyl (C=O) groups excluding carboxylic acids is 2. The van der Waals surface area contributed by atoms with Crippen LogP contribution in [0.5, 0.6) is 5.75 Å². The van der Waals surface area contributed by atoms with Crippen LogP contribution in [0, 0.1) is 13.8 Å². The van der Waals surface area contributed by atoms with Crippen molar-refractivity contribution in [1.29, 1.82) is 0 Å². The van der Waals surface area contributed by atoms with Crippen molar-refractivity contribution in [2.24, 2.45) is 0 Å². The van der Waals surface area contributed by atoms with Crippen molar-refractivity contribution >= 4 is 34.8 Å². The molecule has 2 aromatic rings. The first kappa shape index (κ1) is 15.9. The second-order valence-corrected chi connectivity index (χ2v) is 5.30. The van der Waals surface area contributed by atoms with Crippen LogP contribution in [0.25, 0.3) is 0 Å². The average molecular weight is 319 g/mol. The molecule has 0 saturated carbocycles. The van der Waals surface area contributed by atoms with Crippen molar-refractivity contribution in [1.82, 2.24) is 0 Å². The van der Waals surface area contributed by atoms with Gasteiger partial charge < -0.3 is 15.7 Å². The Kier molecular flexibility index (Phi) is 4.68. The minimum atomic E-state index is -0.789. The quantitative estimate of drug-likeness (QED) is 0.587. The SMILES string of the molecule is Cc1cc(O)ccc1NC(=O)C(=O)Nc1ccc(Cl)cc1C. The van der Waals surface area contributed by atoms with E-state index in [2.05, 4.69) is 10.6 Å². The van der Waals surface area contributed by atoms with Crippen LogP contribution in [0.1, 0.15) is 11.1 Å². The van der Waals surface area contributed by atoms with Gasteiger partial charge in [0.15, 0.2) is 0 Å². The first-order valence-corrected chi connectivity index (χ1v) is 6.92. The molecule has 0 atom stereocenters. The molecule has 0 bridgehead atoms. The number of carbonyl (C=O) groups is 2. The molecular formula is C16H15ClN2O3. The third-order valence-electron chi connectivity index (χ3n) is 3.10. The molecule has 5 nitrogen and oxygen atoms in total. The number of phenolic OH excluding ortho intramolecular Hbond substituents is 1. The first-order valence-electron chi connectivity index (χ1n) is 6.55. The zero-order chi connectivity index (χ0) is 16.3. The van der Waals surface area contributed by atoms with Crippen LogP contribution in [0.3, 0.4) is 0 Å². The molecule has 0 aromatic heterocycles. The number of phenols is 1. The number of aromatic hydroxyl groups is 1. The standard InChI is InChI=1S/C16H15ClN2O3/c1-9-7-11(17)3-5-13(9)18-15(21)16(22)19-14-6-4-12(20)8-10(14)2/h3-8,20H,1-2H3,(H,18,21)(H,19,22). The van der Waals surface area contributed by atoms with Gasteiger partial charge >= 0.3 is 11.8 Å². The average Bonchev–Trinajstić information content (AvgIpc) is 2.44. The fraction of sp³-hybridized carbons (Fsp3) is 0.125. The van der Waals surface area contributed by atoms with E-state index in [-0.39, 0.29) is 5.75 Å². The molecule has 6 heteroatoms. The van der Waals surface area contributed by atoms with Crippen molar-refractivity contribution in [2.75, 3.05) is 10.6 Å². The Balaban J connectivity index is 2.07. The summed E-state index contributed by atoms with van der Waals surface area (Å²) in [5.41, 5.74) is 2.40. The Labute approximate surface area is 132 Å². The Morgan fingerprint density at radius 3 is 1.91 bits per heavy atom. The van der Waals surface area contributed by atoms with Crippen molar-refractivity contribution in [3.8, 4) is 5.75 Å². The number of halogens is 1. The number of aryl methyl sites for hydroxylation is 2. The molecule has 0 saturated heterocycles. The second-order valence-electron chi connectivity index (χ2n) is 4.87. The molecule has 3 N–H and O–H groups in total. The number of hydrogen-bond acceptors (Lipinski definition) is 3. The molecule has 22 heavy (non-hydrogen) atoms. The van der Waals surface area contributed by atoms with Gasteiger partial charge in [-0.05, 0) is 61.4 Å². The van der Waals surface area contributed by atoms with Gasteiger partial charge in [-0.15, -0.1) is 0 Å². The lowest BCUT2D eigenvalue weighted by Crippen LogP contribution is -2.29. The van der Waals surface area contributed by atoms with E-state index >= 15 is 0 Å². The van der Waals surface area contributed by atoms with Crippen LogP contribution in [-0.2, 0) is 9.59 Å². The van der Waals surface area contributed by atoms with E-state index in [1.807, 2.05) is 0 Å². The Hall–Kier alpha value is -2.53. The predicted molar refractivity (Wildman–Crippen MR) is 86.3 cm³/mol. The van der Waals surface area contributed by atoms with E-state index in [4.69, 9.17) is 11.6 Å². The largest absolute Gasteiger partial charge is 0.508 e. The fourth-order valence-corrected chi connectivity index (χ4v) is 2.14. The molecule has 0 fully saturated rings. The maximum atomic E-state index is 11.9. The molecule has 0 aliphatic heterocycles. The highest BCUT2D eigenvalue weighted by atomic mass is 35.5. The summed E-state index contributed by atoms with van der Waals surface area (Å²) in [6.07, 6.45) is 0. The number of nitrogens with one attached hydrogen (secondary N) is 2. The number of benzene rings is 2. The van der Waals surface area contributed by atoms with Gasteiger partial charge in [0.25, 0.3) is 0 Å². The normalized spacial score (nSPS) is 10.1. The highest BCUT2D eigenvalue weighted by Gasteiger charge is 2.16. The Morgan fingerprint density at radius 2 is 1.41 bits per heavy atom. The van der Waals surface area contributed by atoms with E-state index in [0.29, 0.717) is 22.0 Å². The predicted octanol–water partition coefficient (Wildman–Crippen LogP) is 3.24. The van der Waals surface area contributed by atoms with Crippen LogP contribution < -0.4 is 10.6 Å². The van der Waals surface area contributed by atoms with Gasteiger partial charge in [0.1, 0.15) is 5.75 Å². The minimum Gasteiger partial charge on any atom is -0.508 e. The van der Waals surface area contributed by atoms with Crippen LogP contribution >= 0.6 is 11.6 Å². The monoisotopic (exact) mass is 318 g/mol. The van der Waals surface area contributed by atoms with Crippen molar-refractivity contribution in [2.45, 2.75) is 13.8 Å². The molecule has 0 aliphatic rings. The molecule has 0 spiro atoms. The van der Waals surface area contributed by atoms with Gasteiger partial charge in [-0.3, -0.25) is 9.59 Å². The molecule has 0 radical (unpaired) electrons. The van der Waals surface area contributed by atoms with Gasteiger partial charge in [0, 0.05) is 16.4 Å². The molecule has 2 aromatic carbocycles. The minimum absolute atomic E-state index is 0.0942. The summed E-state index contributed by atoms with van der Waals surface area (Å²) in [6, 6.07) is 9.42. The molecule has 2 rings (SSSR count). The van der Waals surface area contributed by atoms with Crippen LogP contribution in [0.15, 0.2) is 36.4 Å². The summed E-state index contributed by atoms with van der Waals surface area (Å²) in [5, 5.41) is 14.9. The fourth-order valence-electron chi connectivity index (χ4n) is 1.91. The molecular weight excluding hydrogens is 304 g/mol. The van der Waals surface area contributed by atoms with E-state index in [9.17, 15) is 14.7 Å². The highest BCUT2D eigenvalue weighted by Crippen LogP contribution is 2.21. The maximum absolute atomic E-state index is 11.9. The van der Waals surface area contributed by atoms with E-state index in [0.717, 1.165) is 5.56 Å². The number of amides is 2. The van der Waals surface area contributed by atoms with Crippen LogP contribution in [0.2, 0.25) is 5.02 Å². The van der Waals surface area contributed by atoms with E-state index < -0.39 is 11.8 Å². The van der Waals surface area contributed by atoms with Crippen molar-refractivity contribution < 1.29 is 14.7 Å². The van der Waals surface area contributed by atoms with E-state index in [1.54, 1.807) is 32.0 Å². The summed E-state index contributed by atoms with van der Waals surface area (Å²) in [6.45, 7) is 3.50. The first-order chi connectivity index (χ1) is 10.4.